The molecule has 0 radical (unpaired) electrons. The fourth-order valence-electron chi connectivity index (χ4n) is 7.95. The average Bonchev–Trinajstić information content (AvgIpc) is 3.36. The largest absolute Gasteiger partial charge is 0.238 e. The second-order valence-corrected chi connectivity index (χ2v) is 15.0. The van der Waals surface area contributed by atoms with E-state index in [1.807, 2.05) is 48.5 Å². The van der Waals surface area contributed by atoms with Crippen molar-refractivity contribution in [3.63, 3.8) is 0 Å². The zero-order chi connectivity index (χ0) is 42.0. The lowest BCUT2D eigenvalue weighted by Gasteiger charge is -2.12. The van der Waals surface area contributed by atoms with E-state index in [4.69, 9.17) is 21.5 Å². The van der Waals surface area contributed by atoms with E-state index in [9.17, 15) is 10.5 Å². The van der Waals surface area contributed by atoms with E-state index in [0.717, 1.165) is 61.2 Å². The fraction of sp³-hybridized carbons (Fsp3) is 0. The van der Waals surface area contributed by atoms with Crippen molar-refractivity contribution in [2.75, 3.05) is 0 Å². The average molecular weight is 789 g/mol. The summed E-state index contributed by atoms with van der Waals surface area (Å²) in [6.45, 7) is 7.36. The van der Waals surface area contributed by atoms with E-state index in [-0.39, 0.29) is 0 Å². The third-order valence-corrected chi connectivity index (χ3v) is 11.2. The van der Waals surface area contributed by atoms with Crippen LogP contribution < -0.4 is 0 Å². The molecule has 0 unspecified atom stereocenters. The highest BCUT2D eigenvalue weighted by molar-refractivity contribution is 6.08. The van der Waals surface area contributed by atoms with Gasteiger partial charge in [-0.15, -0.1) is 0 Å². The highest BCUT2D eigenvalue weighted by Crippen LogP contribution is 2.36. The minimum Gasteiger partial charge on any atom is -0.238 e. The molecule has 0 fully saturated rings. The smallest absolute Gasteiger partial charge is 0.187 e. The van der Waals surface area contributed by atoms with Crippen LogP contribution in [0.4, 0.5) is 5.69 Å². The number of nitriles is 2. The summed E-state index contributed by atoms with van der Waals surface area (Å²) in [5, 5.41) is 24.5. The van der Waals surface area contributed by atoms with E-state index < -0.39 is 0 Å². The zero-order valence-electron chi connectivity index (χ0n) is 33.2. The fourth-order valence-corrected chi connectivity index (χ4v) is 7.95. The molecule has 1 heterocycles. The topological polar surface area (TPSA) is 90.6 Å². The van der Waals surface area contributed by atoms with Crippen LogP contribution in [0.2, 0.25) is 0 Å². The summed E-state index contributed by atoms with van der Waals surface area (Å²) in [6, 6.07) is 69.4. The van der Waals surface area contributed by atoms with Gasteiger partial charge in [0.15, 0.2) is 23.2 Å². The zero-order valence-corrected chi connectivity index (χ0v) is 33.2. The van der Waals surface area contributed by atoms with Crippen molar-refractivity contribution >= 4 is 27.2 Å². The van der Waals surface area contributed by atoms with Gasteiger partial charge < -0.3 is 0 Å². The Morgan fingerprint density at radius 1 is 0.371 bits per heavy atom. The highest BCUT2D eigenvalue weighted by atomic mass is 15.0. The van der Waals surface area contributed by atoms with Gasteiger partial charge in [0.2, 0.25) is 0 Å². The summed E-state index contributed by atoms with van der Waals surface area (Å²) in [6.07, 6.45) is 0. The Hall–Kier alpha value is -9.02. The number of rotatable bonds is 7. The monoisotopic (exact) mass is 788 g/mol. The first-order valence-corrected chi connectivity index (χ1v) is 20.1. The van der Waals surface area contributed by atoms with Crippen LogP contribution in [0.3, 0.4) is 0 Å². The molecule has 1 aromatic heterocycles. The van der Waals surface area contributed by atoms with E-state index in [1.165, 1.54) is 21.5 Å². The van der Waals surface area contributed by atoms with Gasteiger partial charge in [0.05, 0.1) is 29.8 Å². The lowest BCUT2D eigenvalue weighted by atomic mass is 9.92. The number of hydrogen-bond acceptors (Lipinski definition) is 5. The number of hydrogen-bond donors (Lipinski definition) is 0. The van der Waals surface area contributed by atoms with E-state index in [1.54, 1.807) is 24.3 Å². The Balaban J connectivity index is 0.956. The molecular weight excluding hydrogens is 757 g/mol. The third kappa shape index (κ3) is 7.20. The lowest BCUT2D eigenvalue weighted by Crippen LogP contribution is -2.00. The first-order chi connectivity index (χ1) is 30.5. The second-order valence-electron chi connectivity index (χ2n) is 15.0. The predicted octanol–water partition coefficient (Wildman–Crippen LogP) is 14.1. The van der Waals surface area contributed by atoms with Gasteiger partial charge in [0, 0.05) is 22.3 Å². The van der Waals surface area contributed by atoms with Crippen LogP contribution in [-0.2, 0) is 0 Å². The third-order valence-electron chi connectivity index (χ3n) is 11.2. The Labute approximate surface area is 358 Å². The van der Waals surface area contributed by atoms with Gasteiger partial charge in [0.25, 0.3) is 0 Å². The molecule has 0 saturated heterocycles. The molecule has 0 atom stereocenters. The first-order valence-electron chi connectivity index (χ1n) is 20.1. The van der Waals surface area contributed by atoms with Crippen molar-refractivity contribution in [3.05, 3.63) is 217 Å². The number of fused-ring (bicyclic) bond motifs is 3. The quantitative estimate of drug-likeness (QED) is 0.118. The molecule has 0 spiro atoms. The molecule has 286 valence electrons. The SMILES string of the molecule is [C-]#[N+]c1ccc(-c2nc(-c3ccc(C#N)cc3)nc(-c3cccc(-c4ccc(-c5ccc(C#N)c(-c6cccc(-c7ccc8c(ccc9ccccc98)c7)c6)c5)cc4)c3)n2)cc1. The van der Waals surface area contributed by atoms with Crippen molar-refractivity contribution < 1.29 is 0 Å². The summed E-state index contributed by atoms with van der Waals surface area (Å²) in [4.78, 5) is 18.1. The summed E-state index contributed by atoms with van der Waals surface area (Å²) in [7, 11) is 0. The van der Waals surface area contributed by atoms with Crippen molar-refractivity contribution in [2.45, 2.75) is 0 Å². The van der Waals surface area contributed by atoms with Crippen LogP contribution in [0.1, 0.15) is 11.1 Å². The van der Waals surface area contributed by atoms with Crippen LogP contribution in [0, 0.1) is 29.2 Å². The molecule has 0 aliphatic heterocycles. The summed E-state index contributed by atoms with van der Waals surface area (Å²) in [5.74, 6) is 1.47. The van der Waals surface area contributed by atoms with Crippen molar-refractivity contribution in [1.82, 2.24) is 15.0 Å². The molecule has 6 nitrogen and oxygen atoms in total. The molecule has 10 rings (SSSR count). The number of aromatic nitrogens is 3. The molecule has 62 heavy (non-hydrogen) atoms. The van der Waals surface area contributed by atoms with Crippen molar-refractivity contribution in [3.8, 4) is 90.8 Å². The van der Waals surface area contributed by atoms with E-state index in [0.29, 0.717) is 34.3 Å². The number of benzene rings is 9. The Kier molecular flexibility index (Phi) is 9.60. The van der Waals surface area contributed by atoms with E-state index >= 15 is 0 Å². The highest BCUT2D eigenvalue weighted by Gasteiger charge is 2.15. The number of nitrogens with zero attached hydrogens (tertiary/aromatic N) is 6. The van der Waals surface area contributed by atoms with Crippen molar-refractivity contribution in [1.29, 1.82) is 10.5 Å². The van der Waals surface area contributed by atoms with E-state index in [2.05, 4.69) is 138 Å². The molecule has 0 N–H and O–H groups in total. The second kappa shape index (κ2) is 16.0. The van der Waals surface area contributed by atoms with Gasteiger partial charge in [-0.2, -0.15) is 10.5 Å². The Bertz CT molecular complexity index is 3400. The Morgan fingerprint density at radius 2 is 0.871 bits per heavy atom. The van der Waals surface area contributed by atoms with Gasteiger partial charge in [0.1, 0.15) is 0 Å². The van der Waals surface area contributed by atoms with Gasteiger partial charge in [-0.25, -0.2) is 19.8 Å². The van der Waals surface area contributed by atoms with Crippen LogP contribution >= 0.6 is 0 Å². The minimum absolute atomic E-state index is 0.481. The molecule has 0 aliphatic rings. The van der Waals surface area contributed by atoms with Gasteiger partial charge in [-0.3, -0.25) is 0 Å². The first kappa shape index (κ1) is 37.3. The maximum atomic E-state index is 10.2. The van der Waals surface area contributed by atoms with Crippen LogP contribution in [-0.4, -0.2) is 15.0 Å². The molecule has 10 aromatic rings. The molecule has 9 aromatic carbocycles. The summed E-state index contributed by atoms with van der Waals surface area (Å²) in [5.41, 5.74) is 12.2. The van der Waals surface area contributed by atoms with Crippen LogP contribution in [0.5, 0.6) is 0 Å². The predicted molar refractivity (Wildman–Crippen MR) is 249 cm³/mol. The summed E-state index contributed by atoms with van der Waals surface area (Å²) >= 11 is 0. The molecule has 0 aliphatic carbocycles. The van der Waals surface area contributed by atoms with Crippen LogP contribution in [0.25, 0.3) is 105 Å². The minimum atomic E-state index is 0.481. The molecule has 0 bridgehead atoms. The molecule has 0 amide bonds. The maximum absolute atomic E-state index is 10.2. The Morgan fingerprint density at radius 3 is 1.55 bits per heavy atom. The summed E-state index contributed by atoms with van der Waals surface area (Å²) < 4.78 is 0. The normalized spacial score (nSPS) is 10.9. The molecule has 0 saturated carbocycles. The van der Waals surface area contributed by atoms with Crippen molar-refractivity contribution in [2.24, 2.45) is 0 Å². The van der Waals surface area contributed by atoms with Gasteiger partial charge in [-0.1, -0.05) is 140 Å². The lowest BCUT2D eigenvalue weighted by molar-refractivity contribution is 1.07. The van der Waals surface area contributed by atoms with Gasteiger partial charge in [-0.05, 0) is 115 Å². The molecular formula is C56H32N6. The molecule has 6 heteroatoms. The van der Waals surface area contributed by atoms with Crippen LogP contribution in [0.15, 0.2) is 194 Å². The van der Waals surface area contributed by atoms with Gasteiger partial charge >= 0.3 is 0 Å². The standard InChI is InChI=1S/C56H32N6/c1-59-50-27-24-41(25-28-50)55-60-54(40-14-12-36(34-57)13-15-40)61-56(62-55)48-10-5-7-42(32-48)37-16-18-38(19-17-37)45-21-23-49(35-58)53(33-45)46-9-4-8-43(30-46)44-26-29-52-47(31-44)22-20-39-6-2-3-11-51(39)52/h2-33H. The maximum Gasteiger partial charge on any atom is 0.187 e.